The van der Waals surface area contributed by atoms with Gasteiger partial charge in [0.1, 0.15) is 0 Å². The van der Waals surface area contributed by atoms with Gasteiger partial charge in [0.05, 0.1) is 0 Å². The van der Waals surface area contributed by atoms with Crippen LogP contribution in [0.1, 0.15) is 19.8 Å². The van der Waals surface area contributed by atoms with Gasteiger partial charge in [-0.1, -0.05) is 13.3 Å². The maximum Gasteiger partial charge on any atom is 2.00 e. The van der Waals surface area contributed by atoms with Crippen LogP contribution in [0.15, 0.2) is 0 Å². The number of hydrogen-bond acceptors (Lipinski definition) is 0. The van der Waals surface area contributed by atoms with E-state index in [1.807, 2.05) is 0 Å². The molecule has 0 nitrogen and oxygen atoms in total. The number of unbranched alkanes of at least 4 members (excludes halogenated alkanes) is 1. The normalized spacial score (nSPS) is 4.29. The Kier molecular flexibility index (Phi) is 86.7. The van der Waals surface area contributed by atoms with E-state index in [0.29, 0.717) is 0 Å². The van der Waals surface area contributed by atoms with Gasteiger partial charge >= 0.3 is 23.1 Å². The number of rotatable bonds is 1. The average Bonchev–Trinajstić information content (AvgIpc) is 1.37. The van der Waals surface area contributed by atoms with Gasteiger partial charge in [0.2, 0.25) is 0 Å². The fourth-order valence-corrected chi connectivity index (χ4v) is 0. The molecule has 0 atom stereocenters. The molecular formula is C4H10BrClMg. The van der Waals surface area contributed by atoms with E-state index in [2.05, 4.69) is 13.8 Å². The monoisotopic (exact) mass is 196 g/mol. The third-order valence-electron chi connectivity index (χ3n) is 0.354. The summed E-state index contributed by atoms with van der Waals surface area (Å²) in [7, 11) is 0. The van der Waals surface area contributed by atoms with Gasteiger partial charge in [-0.3, -0.25) is 0 Å². The predicted molar refractivity (Wildman–Crippen MR) is 36.3 cm³/mol. The molecule has 0 rings (SSSR count). The number of hydrogen-bond donors (Lipinski definition) is 0. The van der Waals surface area contributed by atoms with Gasteiger partial charge in [0.25, 0.3) is 0 Å². The molecule has 0 saturated carbocycles. The van der Waals surface area contributed by atoms with Gasteiger partial charge in [-0.25, -0.2) is 0 Å². The first-order valence-corrected chi connectivity index (χ1v) is 1.71. The first-order valence-electron chi connectivity index (χ1n) is 1.71. The molecule has 3 heteroatoms. The molecule has 0 radical (unpaired) electrons. The van der Waals surface area contributed by atoms with Crippen molar-refractivity contribution in [1.29, 1.82) is 0 Å². The predicted octanol–water partition coefficient (Wildman–Crippen LogP) is -1.18. The molecule has 42 valence electrons. The Balaban J connectivity index is -0.0000000150. The Morgan fingerprint density at radius 3 is 1.57 bits per heavy atom. The molecule has 0 aliphatic heterocycles. The van der Waals surface area contributed by atoms with Crippen LogP contribution < -0.4 is 12.4 Å². The van der Waals surface area contributed by atoms with Crippen molar-refractivity contribution < 1.29 is 12.4 Å². The fraction of sp³-hybridized carbons (Fsp3) is 0.750. The van der Waals surface area contributed by atoms with Crippen LogP contribution in [0, 0.1) is 6.92 Å². The Morgan fingerprint density at radius 2 is 1.57 bits per heavy atom. The first-order chi connectivity index (χ1) is 1.91. The zero-order chi connectivity index (χ0) is 3.41. The van der Waals surface area contributed by atoms with Crippen molar-refractivity contribution in [2.24, 2.45) is 0 Å². The van der Waals surface area contributed by atoms with Gasteiger partial charge in [-0.05, 0) is 0 Å². The quantitative estimate of drug-likeness (QED) is 0.367. The first kappa shape index (κ1) is 23.6. The van der Waals surface area contributed by atoms with Crippen molar-refractivity contribution in [3.63, 3.8) is 0 Å². The van der Waals surface area contributed by atoms with Gasteiger partial charge in [0.15, 0.2) is 0 Å². The average molecular weight is 198 g/mol. The summed E-state index contributed by atoms with van der Waals surface area (Å²) in [6.07, 6.45) is 2.28. The summed E-state index contributed by atoms with van der Waals surface area (Å²) < 4.78 is 0. The SMILES string of the molecule is Br.[CH2-]CCC.[Cl-].[Mg+2]. The largest absolute Gasteiger partial charge is 2.00 e. The second-order valence-electron chi connectivity index (χ2n) is 0.854. The van der Waals surface area contributed by atoms with E-state index in [1.165, 1.54) is 6.42 Å². The summed E-state index contributed by atoms with van der Waals surface area (Å²) in [5.41, 5.74) is 0. The van der Waals surface area contributed by atoms with Crippen LogP contribution in [0.3, 0.4) is 0 Å². The molecule has 0 bridgehead atoms. The maximum absolute atomic E-state index is 3.60. The Labute approximate surface area is 78.8 Å². The molecule has 0 amide bonds. The van der Waals surface area contributed by atoms with Crippen molar-refractivity contribution >= 4 is 40.0 Å². The summed E-state index contributed by atoms with van der Waals surface area (Å²) in [5.74, 6) is 0. The van der Waals surface area contributed by atoms with E-state index in [0.717, 1.165) is 6.42 Å². The Hall–Kier alpha value is 1.54. The van der Waals surface area contributed by atoms with Crippen LogP contribution in [0.5, 0.6) is 0 Å². The summed E-state index contributed by atoms with van der Waals surface area (Å²) >= 11 is 0. The molecule has 0 aliphatic carbocycles. The van der Waals surface area contributed by atoms with Gasteiger partial charge in [-0.2, -0.15) is 6.42 Å². The van der Waals surface area contributed by atoms with E-state index in [-0.39, 0.29) is 52.4 Å². The second kappa shape index (κ2) is 25.7. The summed E-state index contributed by atoms with van der Waals surface area (Å²) in [6, 6.07) is 0. The van der Waals surface area contributed by atoms with E-state index < -0.39 is 0 Å². The van der Waals surface area contributed by atoms with Gasteiger partial charge < -0.3 is 19.3 Å². The van der Waals surface area contributed by atoms with Crippen LogP contribution in [0.2, 0.25) is 0 Å². The standard InChI is InChI=1S/C4H9.BrH.ClH.Mg/c1-3-4-2;;;/h1,3-4H2,2H3;2*1H;/q-1;;;+2/p-1. The minimum Gasteiger partial charge on any atom is -1.00 e. The Bertz CT molecular complexity index is 13.7. The van der Waals surface area contributed by atoms with Gasteiger partial charge in [-0.15, -0.1) is 17.0 Å². The van der Waals surface area contributed by atoms with E-state index >= 15 is 0 Å². The molecule has 0 unspecified atom stereocenters. The smallest absolute Gasteiger partial charge is 1.00 e. The number of halogens is 2. The van der Waals surface area contributed by atoms with Crippen molar-refractivity contribution in [3.05, 3.63) is 6.92 Å². The summed E-state index contributed by atoms with van der Waals surface area (Å²) in [4.78, 5) is 0. The molecule has 0 fully saturated rings. The molecule has 0 aliphatic rings. The molecule has 0 aromatic rings. The van der Waals surface area contributed by atoms with Crippen LogP contribution in [0.4, 0.5) is 0 Å². The zero-order valence-electron chi connectivity index (χ0n) is 4.61. The van der Waals surface area contributed by atoms with Crippen LogP contribution in [0.25, 0.3) is 0 Å². The van der Waals surface area contributed by atoms with Crippen molar-refractivity contribution in [1.82, 2.24) is 0 Å². The summed E-state index contributed by atoms with van der Waals surface area (Å²) in [6.45, 7) is 5.72. The maximum atomic E-state index is 3.60. The summed E-state index contributed by atoms with van der Waals surface area (Å²) in [5, 5.41) is 0. The molecular weight excluding hydrogens is 188 g/mol. The van der Waals surface area contributed by atoms with Gasteiger partial charge in [0, 0.05) is 0 Å². The van der Waals surface area contributed by atoms with Crippen LogP contribution >= 0.6 is 17.0 Å². The molecule has 0 aromatic carbocycles. The second-order valence-corrected chi connectivity index (χ2v) is 0.854. The third kappa shape index (κ3) is 35.9. The Morgan fingerprint density at radius 1 is 1.43 bits per heavy atom. The zero-order valence-corrected chi connectivity index (χ0v) is 8.50. The van der Waals surface area contributed by atoms with Crippen molar-refractivity contribution in [2.75, 3.05) is 0 Å². The molecule has 0 saturated heterocycles. The van der Waals surface area contributed by atoms with Crippen LogP contribution in [-0.2, 0) is 0 Å². The minimum absolute atomic E-state index is 0. The molecule has 0 heterocycles. The van der Waals surface area contributed by atoms with E-state index in [4.69, 9.17) is 0 Å². The molecule has 7 heavy (non-hydrogen) atoms. The minimum atomic E-state index is 0. The van der Waals surface area contributed by atoms with E-state index in [9.17, 15) is 0 Å². The molecule has 0 aromatic heterocycles. The van der Waals surface area contributed by atoms with Crippen molar-refractivity contribution in [2.45, 2.75) is 19.8 Å². The topological polar surface area (TPSA) is 0 Å². The van der Waals surface area contributed by atoms with E-state index in [1.54, 1.807) is 0 Å². The fourth-order valence-electron chi connectivity index (χ4n) is 0. The van der Waals surface area contributed by atoms with Crippen LogP contribution in [-0.4, -0.2) is 23.1 Å². The van der Waals surface area contributed by atoms with Crippen molar-refractivity contribution in [3.8, 4) is 0 Å². The third-order valence-corrected chi connectivity index (χ3v) is 0.354. The molecule has 0 spiro atoms. The molecule has 0 N–H and O–H groups in total.